The lowest BCUT2D eigenvalue weighted by Gasteiger charge is -2.29. The van der Waals surface area contributed by atoms with Gasteiger partial charge in [-0.05, 0) is 25.0 Å². The van der Waals surface area contributed by atoms with Crippen LogP contribution in [0.5, 0.6) is 0 Å². The fraction of sp³-hybridized carbons (Fsp3) is 0.538. The van der Waals surface area contributed by atoms with Crippen LogP contribution in [-0.4, -0.2) is 32.3 Å². The molecule has 3 nitrogen and oxygen atoms in total. The number of ether oxygens (including phenoxy) is 1. The Morgan fingerprint density at radius 1 is 1.41 bits per heavy atom. The van der Waals surface area contributed by atoms with Crippen molar-refractivity contribution in [2.24, 2.45) is 5.73 Å². The molecule has 1 atom stereocenters. The third kappa shape index (κ3) is 4.42. The number of rotatable bonds is 7. The predicted molar refractivity (Wildman–Crippen MR) is 67.4 cm³/mol. The van der Waals surface area contributed by atoms with Crippen molar-refractivity contribution >= 4 is 0 Å². The van der Waals surface area contributed by atoms with Gasteiger partial charge in [0, 0.05) is 25.7 Å². The third-order valence-corrected chi connectivity index (χ3v) is 2.85. The minimum absolute atomic E-state index is 0.180. The molecule has 1 aromatic rings. The molecule has 0 saturated carbocycles. The van der Waals surface area contributed by atoms with Crippen molar-refractivity contribution in [3.63, 3.8) is 0 Å². The lowest BCUT2D eigenvalue weighted by atomic mass is 9.92. The van der Waals surface area contributed by atoms with Crippen molar-refractivity contribution in [2.75, 3.05) is 26.8 Å². The van der Waals surface area contributed by atoms with Crippen molar-refractivity contribution in [1.82, 2.24) is 5.32 Å². The van der Waals surface area contributed by atoms with Gasteiger partial charge in [0.1, 0.15) is 5.82 Å². The topological polar surface area (TPSA) is 47.3 Å². The zero-order chi connectivity index (χ0) is 12.7. The van der Waals surface area contributed by atoms with Crippen LogP contribution in [0, 0.1) is 5.82 Å². The summed E-state index contributed by atoms with van der Waals surface area (Å²) in [6.45, 7) is 3.77. The average Bonchev–Trinajstić information content (AvgIpc) is 2.33. The molecule has 0 aliphatic rings. The van der Waals surface area contributed by atoms with Crippen LogP contribution < -0.4 is 11.1 Å². The van der Waals surface area contributed by atoms with E-state index in [1.165, 1.54) is 6.07 Å². The number of methoxy groups -OCH3 is 1. The Morgan fingerprint density at radius 3 is 2.71 bits per heavy atom. The van der Waals surface area contributed by atoms with Gasteiger partial charge in [0.25, 0.3) is 0 Å². The van der Waals surface area contributed by atoms with Gasteiger partial charge in [-0.2, -0.15) is 0 Å². The monoisotopic (exact) mass is 240 g/mol. The normalized spacial score (nSPS) is 14.6. The third-order valence-electron chi connectivity index (χ3n) is 2.85. The number of benzene rings is 1. The first-order valence-electron chi connectivity index (χ1n) is 5.79. The lowest BCUT2D eigenvalue weighted by molar-refractivity contribution is 0.186. The molecule has 0 fully saturated rings. The molecular weight excluding hydrogens is 219 g/mol. The van der Waals surface area contributed by atoms with E-state index in [0.29, 0.717) is 31.7 Å². The molecule has 0 heterocycles. The largest absolute Gasteiger partial charge is 0.383 e. The van der Waals surface area contributed by atoms with Crippen molar-refractivity contribution in [3.05, 3.63) is 35.6 Å². The number of nitrogens with one attached hydrogen (secondary N) is 1. The van der Waals surface area contributed by atoms with E-state index in [4.69, 9.17) is 10.5 Å². The first-order valence-corrected chi connectivity index (χ1v) is 5.79. The second kappa shape index (κ2) is 6.69. The number of hydrogen-bond acceptors (Lipinski definition) is 3. The summed E-state index contributed by atoms with van der Waals surface area (Å²) in [4.78, 5) is 0. The van der Waals surface area contributed by atoms with Gasteiger partial charge in [-0.1, -0.05) is 18.2 Å². The van der Waals surface area contributed by atoms with E-state index in [0.717, 1.165) is 0 Å². The molecule has 0 amide bonds. The molecular formula is C13H21FN2O. The summed E-state index contributed by atoms with van der Waals surface area (Å²) in [7, 11) is 1.65. The average molecular weight is 240 g/mol. The molecule has 0 spiro atoms. The van der Waals surface area contributed by atoms with Gasteiger partial charge in [-0.3, -0.25) is 0 Å². The van der Waals surface area contributed by atoms with Gasteiger partial charge in [0.05, 0.1) is 6.61 Å². The molecule has 0 bridgehead atoms. The van der Waals surface area contributed by atoms with E-state index in [2.05, 4.69) is 5.32 Å². The standard InChI is InChI=1S/C13H21FN2O/c1-13(10-15,16-7-8-17-2)9-11-5-3-4-6-12(11)14/h3-6,16H,7-10,15H2,1-2H3. The van der Waals surface area contributed by atoms with E-state index in [1.807, 2.05) is 13.0 Å². The molecule has 1 aromatic carbocycles. The maximum Gasteiger partial charge on any atom is 0.126 e. The zero-order valence-corrected chi connectivity index (χ0v) is 10.5. The molecule has 0 radical (unpaired) electrons. The van der Waals surface area contributed by atoms with Gasteiger partial charge >= 0.3 is 0 Å². The van der Waals surface area contributed by atoms with Crippen LogP contribution in [0.15, 0.2) is 24.3 Å². The van der Waals surface area contributed by atoms with Gasteiger partial charge in [0.2, 0.25) is 0 Å². The van der Waals surface area contributed by atoms with Crippen LogP contribution >= 0.6 is 0 Å². The fourth-order valence-corrected chi connectivity index (χ4v) is 1.72. The number of halogens is 1. The molecule has 17 heavy (non-hydrogen) atoms. The Labute approximate surface area is 102 Å². The number of hydrogen-bond donors (Lipinski definition) is 2. The highest BCUT2D eigenvalue weighted by Gasteiger charge is 2.23. The van der Waals surface area contributed by atoms with Gasteiger partial charge in [0.15, 0.2) is 0 Å². The van der Waals surface area contributed by atoms with Crippen molar-refractivity contribution in [1.29, 1.82) is 0 Å². The smallest absolute Gasteiger partial charge is 0.126 e. The summed E-state index contributed by atoms with van der Waals surface area (Å²) >= 11 is 0. The molecule has 0 aliphatic carbocycles. The van der Waals surface area contributed by atoms with Crippen molar-refractivity contribution < 1.29 is 9.13 Å². The van der Waals surface area contributed by atoms with E-state index in [-0.39, 0.29) is 11.4 Å². The van der Waals surface area contributed by atoms with Crippen LogP contribution in [0.2, 0.25) is 0 Å². The maximum atomic E-state index is 13.6. The molecule has 1 unspecified atom stereocenters. The summed E-state index contributed by atoms with van der Waals surface area (Å²) in [6, 6.07) is 6.80. The highest BCUT2D eigenvalue weighted by Crippen LogP contribution is 2.15. The quantitative estimate of drug-likeness (QED) is 0.707. The Balaban J connectivity index is 2.65. The second-order valence-corrected chi connectivity index (χ2v) is 4.45. The van der Waals surface area contributed by atoms with Crippen molar-refractivity contribution in [2.45, 2.75) is 18.9 Å². The van der Waals surface area contributed by atoms with Gasteiger partial charge in [-0.15, -0.1) is 0 Å². The first-order chi connectivity index (χ1) is 8.11. The summed E-state index contributed by atoms with van der Waals surface area (Å²) in [5, 5.41) is 3.31. The molecule has 3 N–H and O–H groups in total. The number of nitrogens with two attached hydrogens (primary N) is 1. The fourth-order valence-electron chi connectivity index (χ4n) is 1.72. The Bertz CT molecular complexity index is 346. The Hall–Kier alpha value is -0.970. The van der Waals surface area contributed by atoms with Crippen LogP contribution in [0.3, 0.4) is 0 Å². The molecule has 0 aliphatic heterocycles. The van der Waals surface area contributed by atoms with E-state index < -0.39 is 0 Å². The summed E-state index contributed by atoms with van der Waals surface area (Å²) in [5.74, 6) is -0.180. The summed E-state index contributed by atoms with van der Waals surface area (Å²) in [6.07, 6.45) is 0.569. The lowest BCUT2D eigenvalue weighted by Crippen LogP contribution is -2.51. The second-order valence-electron chi connectivity index (χ2n) is 4.45. The Morgan fingerprint density at radius 2 is 2.12 bits per heavy atom. The van der Waals surface area contributed by atoms with E-state index >= 15 is 0 Å². The minimum atomic E-state index is -0.305. The summed E-state index contributed by atoms with van der Waals surface area (Å²) < 4.78 is 18.5. The molecule has 0 aromatic heterocycles. The maximum absolute atomic E-state index is 13.6. The Kier molecular flexibility index (Phi) is 5.55. The minimum Gasteiger partial charge on any atom is -0.383 e. The SMILES string of the molecule is COCCNC(C)(CN)Cc1ccccc1F. The van der Waals surface area contributed by atoms with Crippen LogP contribution in [-0.2, 0) is 11.2 Å². The van der Waals surface area contributed by atoms with Crippen LogP contribution in [0.1, 0.15) is 12.5 Å². The summed E-state index contributed by atoms with van der Waals surface area (Å²) in [5.41, 5.74) is 6.14. The van der Waals surface area contributed by atoms with Gasteiger partial charge in [-0.25, -0.2) is 4.39 Å². The predicted octanol–water partition coefficient (Wildman–Crippen LogP) is 1.32. The van der Waals surface area contributed by atoms with Gasteiger partial charge < -0.3 is 15.8 Å². The molecule has 4 heteroatoms. The van der Waals surface area contributed by atoms with E-state index in [9.17, 15) is 4.39 Å². The highest BCUT2D eigenvalue weighted by atomic mass is 19.1. The highest BCUT2D eigenvalue weighted by molar-refractivity contribution is 5.20. The van der Waals surface area contributed by atoms with E-state index in [1.54, 1.807) is 19.2 Å². The molecule has 1 rings (SSSR count). The van der Waals surface area contributed by atoms with Crippen LogP contribution in [0.4, 0.5) is 4.39 Å². The van der Waals surface area contributed by atoms with Crippen molar-refractivity contribution in [3.8, 4) is 0 Å². The molecule has 0 saturated heterocycles. The molecule has 96 valence electrons. The van der Waals surface area contributed by atoms with Crippen LogP contribution in [0.25, 0.3) is 0 Å². The first kappa shape index (κ1) is 14.1. The zero-order valence-electron chi connectivity index (χ0n) is 10.5.